The maximum Gasteiger partial charge on any atom is 0.252 e. The summed E-state index contributed by atoms with van der Waals surface area (Å²) >= 11 is 0. The van der Waals surface area contributed by atoms with Gasteiger partial charge in [-0.05, 0) is 55.7 Å². The van der Waals surface area contributed by atoms with E-state index < -0.39 is 0 Å². The van der Waals surface area contributed by atoms with Crippen molar-refractivity contribution >= 4 is 5.91 Å². The standard InChI is InChI=1S/C19H20N4O/c1-13-5-4-6-18(14(13)2)19(24)22-15(3)16-7-9-17(10-8-16)23-12-20-11-21-23/h4-12,15H,1-3H3,(H,22,24). The fourth-order valence-electron chi connectivity index (χ4n) is 2.61. The molecule has 1 N–H and O–H groups in total. The van der Waals surface area contributed by atoms with E-state index in [0.29, 0.717) is 0 Å². The van der Waals surface area contributed by atoms with Crippen LogP contribution in [0.2, 0.25) is 0 Å². The molecule has 5 nitrogen and oxygen atoms in total. The molecule has 0 aliphatic rings. The van der Waals surface area contributed by atoms with Crippen LogP contribution in [0.5, 0.6) is 0 Å². The van der Waals surface area contributed by atoms with Crippen molar-refractivity contribution in [1.82, 2.24) is 20.1 Å². The maximum absolute atomic E-state index is 12.5. The molecule has 0 bridgehead atoms. The Morgan fingerprint density at radius 2 is 1.88 bits per heavy atom. The molecule has 0 spiro atoms. The molecule has 1 unspecified atom stereocenters. The number of hydrogen-bond donors (Lipinski definition) is 1. The fraction of sp³-hybridized carbons (Fsp3) is 0.211. The molecule has 5 heteroatoms. The van der Waals surface area contributed by atoms with E-state index in [0.717, 1.165) is 27.9 Å². The second-order valence-corrected chi connectivity index (χ2v) is 5.87. The molecule has 0 fully saturated rings. The fourth-order valence-corrected chi connectivity index (χ4v) is 2.61. The lowest BCUT2D eigenvalue weighted by molar-refractivity contribution is 0.0939. The first-order chi connectivity index (χ1) is 11.6. The highest BCUT2D eigenvalue weighted by molar-refractivity contribution is 5.96. The van der Waals surface area contributed by atoms with E-state index in [1.807, 2.05) is 63.2 Å². The van der Waals surface area contributed by atoms with Gasteiger partial charge in [0, 0.05) is 5.56 Å². The molecule has 24 heavy (non-hydrogen) atoms. The third-order valence-electron chi connectivity index (χ3n) is 4.27. The quantitative estimate of drug-likeness (QED) is 0.802. The Bertz CT molecular complexity index is 838. The lowest BCUT2D eigenvalue weighted by Crippen LogP contribution is -2.27. The molecule has 1 amide bonds. The van der Waals surface area contributed by atoms with E-state index in [1.54, 1.807) is 11.0 Å². The van der Waals surface area contributed by atoms with Gasteiger partial charge in [0.25, 0.3) is 5.91 Å². The minimum atomic E-state index is -0.0813. The second-order valence-electron chi connectivity index (χ2n) is 5.87. The molecule has 1 aromatic heterocycles. The van der Waals surface area contributed by atoms with Gasteiger partial charge in [0.05, 0.1) is 11.7 Å². The summed E-state index contributed by atoms with van der Waals surface area (Å²) in [6.07, 6.45) is 3.15. The van der Waals surface area contributed by atoms with Gasteiger partial charge >= 0.3 is 0 Å². The summed E-state index contributed by atoms with van der Waals surface area (Å²) < 4.78 is 1.70. The Labute approximate surface area is 141 Å². The third kappa shape index (κ3) is 3.20. The summed E-state index contributed by atoms with van der Waals surface area (Å²) in [5.41, 5.74) is 4.83. The second kappa shape index (κ2) is 6.66. The van der Waals surface area contributed by atoms with E-state index in [9.17, 15) is 4.79 Å². The van der Waals surface area contributed by atoms with Crippen LogP contribution in [0.4, 0.5) is 0 Å². The highest BCUT2D eigenvalue weighted by atomic mass is 16.1. The lowest BCUT2D eigenvalue weighted by Gasteiger charge is -2.16. The van der Waals surface area contributed by atoms with Gasteiger partial charge in [0.1, 0.15) is 12.7 Å². The van der Waals surface area contributed by atoms with E-state index in [2.05, 4.69) is 15.4 Å². The van der Waals surface area contributed by atoms with Crippen LogP contribution in [0.1, 0.15) is 40.0 Å². The Morgan fingerprint density at radius 3 is 2.54 bits per heavy atom. The van der Waals surface area contributed by atoms with Gasteiger partial charge in [0.15, 0.2) is 0 Å². The molecule has 0 saturated heterocycles. The van der Waals surface area contributed by atoms with Crippen LogP contribution in [0.25, 0.3) is 5.69 Å². The SMILES string of the molecule is Cc1cccc(C(=O)NC(C)c2ccc(-n3cncn3)cc2)c1C. The molecule has 1 atom stereocenters. The van der Waals surface area contributed by atoms with Gasteiger partial charge in [-0.25, -0.2) is 9.67 Å². The topological polar surface area (TPSA) is 59.8 Å². The molecule has 0 saturated carbocycles. The molecular weight excluding hydrogens is 300 g/mol. The number of hydrogen-bond acceptors (Lipinski definition) is 3. The molecule has 0 aliphatic carbocycles. The van der Waals surface area contributed by atoms with Crippen molar-refractivity contribution in [3.05, 3.63) is 77.4 Å². The zero-order chi connectivity index (χ0) is 17.1. The average Bonchev–Trinajstić information content (AvgIpc) is 3.12. The van der Waals surface area contributed by atoms with Gasteiger partial charge in [-0.15, -0.1) is 0 Å². The first-order valence-corrected chi connectivity index (χ1v) is 7.88. The third-order valence-corrected chi connectivity index (χ3v) is 4.27. The van der Waals surface area contributed by atoms with Crippen molar-refractivity contribution in [2.75, 3.05) is 0 Å². The molecule has 0 aliphatic heterocycles. The van der Waals surface area contributed by atoms with Crippen LogP contribution >= 0.6 is 0 Å². The van der Waals surface area contributed by atoms with Gasteiger partial charge in [-0.2, -0.15) is 5.10 Å². The van der Waals surface area contributed by atoms with Crippen LogP contribution in [-0.4, -0.2) is 20.7 Å². The molecule has 3 rings (SSSR count). The molecule has 3 aromatic rings. The van der Waals surface area contributed by atoms with Crippen molar-refractivity contribution < 1.29 is 4.79 Å². The van der Waals surface area contributed by atoms with Crippen molar-refractivity contribution in [3.63, 3.8) is 0 Å². The number of benzene rings is 2. The van der Waals surface area contributed by atoms with Crippen LogP contribution in [0.15, 0.2) is 55.1 Å². The Kier molecular flexibility index (Phi) is 4.42. The normalized spacial score (nSPS) is 12.0. The summed E-state index contributed by atoms with van der Waals surface area (Å²) in [5, 5.41) is 7.16. The van der Waals surface area contributed by atoms with Crippen LogP contribution in [0, 0.1) is 13.8 Å². The summed E-state index contributed by atoms with van der Waals surface area (Å²) in [6, 6.07) is 13.6. The van der Waals surface area contributed by atoms with Crippen molar-refractivity contribution in [2.24, 2.45) is 0 Å². The Hall–Kier alpha value is -2.95. The number of nitrogens with zero attached hydrogens (tertiary/aromatic N) is 3. The number of amides is 1. The number of nitrogens with one attached hydrogen (secondary N) is 1. The predicted molar refractivity (Wildman–Crippen MR) is 93.2 cm³/mol. The monoisotopic (exact) mass is 320 g/mol. The number of aromatic nitrogens is 3. The van der Waals surface area contributed by atoms with Crippen LogP contribution in [0.3, 0.4) is 0 Å². The molecule has 1 heterocycles. The first-order valence-electron chi connectivity index (χ1n) is 7.88. The largest absolute Gasteiger partial charge is 0.346 e. The van der Waals surface area contributed by atoms with Crippen molar-refractivity contribution in [3.8, 4) is 5.69 Å². The maximum atomic E-state index is 12.5. The Morgan fingerprint density at radius 1 is 1.12 bits per heavy atom. The smallest absolute Gasteiger partial charge is 0.252 e. The van der Waals surface area contributed by atoms with Gasteiger partial charge in [-0.1, -0.05) is 24.3 Å². The van der Waals surface area contributed by atoms with Crippen molar-refractivity contribution in [2.45, 2.75) is 26.8 Å². The number of carbonyl (C=O) groups excluding carboxylic acids is 1. The summed E-state index contributed by atoms with van der Waals surface area (Å²) in [6.45, 7) is 5.97. The van der Waals surface area contributed by atoms with E-state index in [-0.39, 0.29) is 11.9 Å². The first kappa shape index (κ1) is 15.9. The zero-order valence-corrected chi connectivity index (χ0v) is 14.0. The average molecular weight is 320 g/mol. The number of rotatable bonds is 4. The van der Waals surface area contributed by atoms with E-state index in [4.69, 9.17) is 0 Å². The lowest BCUT2D eigenvalue weighted by atomic mass is 10.0. The summed E-state index contributed by atoms with van der Waals surface area (Å²) in [5.74, 6) is -0.0518. The zero-order valence-electron chi connectivity index (χ0n) is 14.0. The summed E-state index contributed by atoms with van der Waals surface area (Å²) in [4.78, 5) is 16.5. The van der Waals surface area contributed by atoms with Crippen LogP contribution < -0.4 is 5.32 Å². The highest BCUT2D eigenvalue weighted by Crippen LogP contribution is 2.18. The minimum Gasteiger partial charge on any atom is -0.346 e. The van der Waals surface area contributed by atoms with E-state index >= 15 is 0 Å². The number of carbonyl (C=O) groups is 1. The van der Waals surface area contributed by atoms with Crippen molar-refractivity contribution in [1.29, 1.82) is 0 Å². The van der Waals surface area contributed by atoms with E-state index in [1.165, 1.54) is 6.33 Å². The molecule has 2 aromatic carbocycles. The van der Waals surface area contributed by atoms with Gasteiger partial charge in [0.2, 0.25) is 0 Å². The summed E-state index contributed by atoms with van der Waals surface area (Å²) in [7, 11) is 0. The molecule has 122 valence electrons. The van der Waals surface area contributed by atoms with Crippen LogP contribution in [-0.2, 0) is 0 Å². The predicted octanol–water partition coefficient (Wildman–Crippen LogP) is 3.38. The highest BCUT2D eigenvalue weighted by Gasteiger charge is 2.14. The van der Waals surface area contributed by atoms with Gasteiger partial charge in [-0.3, -0.25) is 4.79 Å². The van der Waals surface area contributed by atoms with Gasteiger partial charge < -0.3 is 5.32 Å². The molecular formula is C19H20N4O. The molecule has 0 radical (unpaired) electrons. The number of aryl methyl sites for hydroxylation is 1. The minimum absolute atomic E-state index is 0.0518. The Balaban J connectivity index is 1.73.